The molecule has 0 unspecified atom stereocenters. The van der Waals surface area contributed by atoms with Crippen LogP contribution in [0.3, 0.4) is 0 Å². The van der Waals surface area contributed by atoms with Crippen molar-refractivity contribution >= 4 is 40.9 Å². The zero-order valence-electron chi connectivity index (χ0n) is 17.4. The van der Waals surface area contributed by atoms with E-state index in [0.29, 0.717) is 12.5 Å². The minimum atomic E-state index is 0. The molecule has 2 N–H and O–H groups in total. The van der Waals surface area contributed by atoms with Crippen molar-refractivity contribution in [3.05, 3.63) is 66.5 Å². The normalized spacial score (nSPS) is 11.5. The summed E-state index contributed by atoms with van der Waals surface area (Å²) in [5.74, 6) is 0.687. The van der Waals surface area contributed by atoms with Gasteiger partial charge in [-0.05, 0) is 43.7 Å². The molecule has 0 atom stereocenters. The third-order valence-corrected chi connectivity index (χ3v) is 4.32. The van der Waals surface area contributed by atoms with Gasteiger partial charge in [0.1, 0.15) is 6.20 Å². The van der Waals surface area contributed by atoms with Gasteiger partial charge in [-0.2, -0.15) is 5.10 Å². The number of pyridine rings is 1. The lowest BCUT2D eigenvalue weighted by atomic mass is 10.1. The van der Waals surface area contributed by atoms with Gasteiger partial charge < -0.3 is 22.3 Å². The molecule has 0 bridgehead atoms. The van der Waals surface area contributed by atoms with E-state index in [2.05, 4.69) is 85.6 Å². The SMILES string of the molecule is Br.CCN=C(NCC)N/N=C/C=C/c1ccc(-c2c[n+]3ccccc3n2C)cc1.[Br-]. The molecule has 0 saturated carbocycles. The Morgan fingerprint density at radius 2 is 1.90 bits per heavy atom. The highest BCUT2D eigenvalue weighted by Gasteiger charge is 2.14. The number of hydrogen-bond donors (Lipinski definition) is 2. The number of hydrogen-bond acceptors (Lipinski definition) is 2. The Morgan fingerprint density at radius 3 is 2.57 bits per heavy atom. The van der Waals surface area contributed by atoms with Gasteiger partial charge in [0, 0.05) is 30.9 Å². The lowest BCUT2D eigenvalue weighted by Gasteiger charge is -2.05. The molecule has 0 saturated heterocycles. The molecule has 1 aromatic carbocycles. The molecule has 2 aromatic heterocycles. The fraction of sp³-hybridized carbons (Fsp3) is 0.227. The topological polar surface area (TPSA) is 57.8 Å². The highest BCUT2D eigenvalue weighted by molar-refractivity contribution is 8.93. The highest BCUT2D eigenvalue weighted by atomic mass is 79.9. The molecular formula is C22H28Br2N6. The Labute approximate surface area is 199 Å². The fourth-order valence-corrected chi connectivity index (χ4v) is 2.97. The van der Waals surface area contributed by atoms with E-state index in [4.69, 9.17) is 0 Å². The summed E-state index contributed by atoms with van der Waals surface area (Å²) in [6.45, 7) is 5.53. The van der Waals surface area contributed by atoms with Gasteiger partial charge in [-0.1, -0.05) is 24.3 Å². The van der Waals surface area contributed by atoms with Crippen LogP contribution in [0.4, 0.5) is 0 Å². The second-order valence-electron chi connectivity index (χ2n) is 6.26. The van der Waals surface area contributed by atoms with Gasteiger partial charge in [0.25, 0.3) is 5.65 Å². The van der Waals surface area contributed by atoms with E-state index in [1.54, 1.807) is 6.21 Å². The number of nitrogens with zero attached hydrogens (tertiary/aromatic N) is 4. The molecule has 0 aliphatic rings. The number of benzene rings is 1. The Kier molecular flexibility index (Phi) is 11.1. The lowest BCUT2D eigenvalue weighted by Crippen LogP contribution is -3.00. The molecule has 160 valence electrons. The molecule has 3 aromatic rings. The van der Waals surface area contributed by atoms with Crippen LogP contribution in [0.15, 0.2) is 71.0 Å². The molecule has 0 amide bonds. The second-order valence-corrected chi connectivity index (χ2v) is 6.26. The summed E-state index contributed by atoms with van der Waals surface area (Å²) in [5, 5.41) is 7.29. The molecule has 8 heteroatoms. The van der Waals surface area contributed by atoms with Crippen molar-refractivity contribution < 1.29 is 21.4 Å². The van der Waals surface area contributed by atoms with Gasteiger partial charge >= 0.3 is 0 Å². The van der Waals surface area contributed by atoms with Gasteiger partial charge in [0.05, 0.1) is 13.2 Å². The molecule has 6 nitrogen and oxygen atoms in total. The number of guanidine groups is 1. The van der Waals surface area contributed by atoms with E-state index >= 15 is 0 Å². The number of aryl methyl sites for hydroxylation is 1. The maximum atomic E-state index is 4.28. The Balaban J connectivity index is 0.00000225. The summed E-state index contributed by atoms with van der Waals surface area (Å²) in [6, 6.07) is 14.7. The number of allylic oxidation sites excluding steroid dienone is 1. The van der Waals surface area contributed by atoms with Crippen molar-refractivity contribution in [2.45, 2.75) is 13.8 Å². The van der Waals surface area contributed by atoms with Crippen LogP contribution in [0.5, 0.6) is 0 Å². The largest absolute Gasteiger partial charge is 1.00 e. The van der Waals surface area contributed by atoms with Crippen molar-refractivity contribution in [3.63, 3.8) is 0 Å². The maximum absolute atomic E-state index is 4.28. The van der Waals surface area contributed by atoms with Gasteiger partial charge in [0.2, 0.25) is 5.96 Å². The second kappa shape index (κ2) is 13.0. The standard InChI is InChI=1S/C22H27N6.2BrH/c1-4-23-22(24-5-2)26-25-15-8-9-18-11-13-19(14-12-18)20-17-28-16-7-6-10-21(28)27(20)3;;/h6-17H,4-5H2,1-3H3,(H2,23,24,26);2*1H/q+1;;/p-1/b9-8+,25-15+;;. The van der Waals surface area contributed by atoms with E-state index in [0.717, 1.165) is 17.8 Å². The van der Waals surface area contributed by atoms with E-state index < -0.39 is 0 Å². The van der Waals surface area contributed by atoms with Crippen molar-refractivity contribution in [2.24, 2.45) is 17.1 Å². The van der Waals surface area contributed by atoms with Crippen LogP contribution in [0.25, 0.3) is 23.0 Å². The maximum Gasteiger partial charge on any atom is 0.286 e. The first-order valence-electron chi connectivity index (χ1n) is 9.53. The smallest absolute Gasteiger partial charge is 0.286 e. The fourth-order valence-electron chi connectivity index (χ4n) is 2.97. The van der Waals surface area contributed by atoms with Gasteiger partial charge in [-0.3, -0.25) is 4.99 Å². The first-order chi connectivity index (χ1) is 13.7. The number of nitrogens with one attached hydrogen (secondary N) is 2. The predicted octanol–water partition coefficient (Wildman–Crippen LogP) is 0.587. The summed E-state index contributed by atoms with van der Waals surface area (Å²) in [5.41, 5.74) is 7.56. The number of aromatic nitrogens is 2. The third-order valence-electron chi connectivity index (χ3n) is 4.32. The number of aliphatic imine (C=N–C) groups is 1. The van der Waals surface area contributed by atoms with E-state index in [-0.39, 0.29) is 34.0 Å². The molecule has 2 heterocycles. The molecule has 0 radical (unpaired) electrons. The molecule has 0 aliphatic heterocycles. The summed E-state index contributed by atoms with van der Waals surface area (Å²) in [6.07, 6.45) is 9.87. The van der Waals surface area contributed by atoms with Crippen LogP contribution < -0.4 is 32.1 Å². The van der Waals surface area contributed by atoms with Crippen LogP contribution in [-0.4, -0.2) is 29.8 Å². The molecular weight excluding hydrogens is 508 g/mol. The highest BCUT2D eigenvalue weighted by Crippen LogP contribution is 2.20. The number of halogens is 2. The molecule has 0 aliphatic carbocycles. The zero-order chi connectivity index (χ0) is 19.8. The first kappa shape index (κ1) is 25.6. The monoisotopic (exact) mass is 534 g/mol. The van der Waals surface area contributed by atoms with Crippen molar-refractivity contribution in [1.82, 2.24) is 15.3 Å². The van der Waals surface area contributed by atoms with Crippen LogP contribution in [0.2, 0.25) is 0 Å². The summed E-state index contributed by atoms with van der Waals surface area (Å²) in [4.78, 5) is 4.28. The third kappa shape index (κ3) is 6.53. The zero-order valence-corrected chi connectivity index (χ0v) is 20.7. The molecule has 3 rings (SSSR count). The summed E-state index contributed by atoms with van der Waals surface area (Å²) >= 11 is 0. The number of hydrazone groups is 1. The van der Waals surface area contributed by atoms with Crippen LogP contribution in [0, 0.1) is 0 Å². The summed E-state index contributed by atoms with van der Waals surface area (Å²) < 4.78 is 4.33. The van der Waals surface area contributed by atoms with Crippen LogP contribution >= 0.6 is 17.0 Å². The van der Waals surface area contributed by atoms with Gasteiger partial charge in [-0.15, -0.1) is 17.0 Å². The van der Waals surface area contributed by atoms with E-state index in [9.17, 15) is 0 Å². The minimum Gasteiger partial charge on any atom is -1.00 e. The summed E-state index contributed by atoms with van der Waals surface area (Å²) in [7, 11) is 2.09. The molecule has 30 heavy (non-hydrogen) atoms. The number of fused-ring (bicyclic) bond motifs is 1. The van der Waals surface area contributed by atoms with Crippen molar-refractivity contribution in [1.29, 1.82) is 0 Å². The van der Waals surface area contributed by atoms with Crippen LogP contribution in [-0.2, 0) is 7.05 Å². The lowest BCUT2D eigenvalue weighted by molar-refractivity contribution is -0.510. The minimum absolute atomic E-state index is 0. The Bertz CT molecular complexity index is 1010. The van der Waals surface area contributed by atoms with Gasteiger partial charge in [0.15, 0.2) is 5.69 Å². The predicted molar refractivity (Wildman–Crippen MR) is 127 cm³/mol. The quantitative estimate of drug-likeness (QED) is 0.210. The molecule has 0 spiro atoms. The van der Waals surface area contributed by atoms with Gasteiger partial charge in [-0.25, -0.2) is 14.4 Å². The first-order valence-corrected chi connectivity index (χ1v) is 9.53. The van der Waals surface area contributed by atoms with Crippen molar-refractivity contribution in [3.8, 4) is 11.3 Å². The molecule has 0 fully saturated rings. The van der Waals surface area contributed by atoms with Crippen LogP contribution in [0.1, 0.15) is 19.4 Å². The number of rotatable bonds is 6. The van der Waals surface area contributed by atoms with E-state index in [1.807, 2.05) is 32.1 Å². The average Bonchev–Trinajstić information content (AvgIpc) is 3.05. The Hall–Kier alpha value is -2.45. The number of imidazole rings is 1. The van der Waals surface area contributed by atoms with Crippen molar-refractivity contribution in [2.75, 3.05) is 13.1 Å². The van der Waals surface area contributed by atoms with E-state index in [1.165, 1.54) is 11.3 Å². The average molecular weight is 536 g/mol. The Morgan fingerprint density at radius 1 is 1.13 bits per heavy atom.